The van der Waals surface area contributed by atoms with Crippen LogP contribution in [0.4, 0.5) is 0 Å². The summed E-state index contributed by atoms with van der Waals surface area (Å²) < 4.78 is 26.9. The van der Waals surface area contributed by atoms with Gasteiger partial charge in [0.2, 0.25) is 11.8 Å². The van der Waals surface area contributed by atoms with Gasteiger partial charge in [-0.25, -0.2) is 12.7 Å². The van der Waals surface area contributed by atoms with Gasteiger partial charge in [-0.15, -0.1) is 0 Å². The van der Waals surface area contributed by atoms with Crippen LogP contribution < -0.4 is 5.32 Å². The molecule has 214 valence electrons. The Morgan fingerprint density at radius 2 is 1.61 bits per heavy atom. The summed E-state index contributed by atoms with van der Waals surface area (Å²) in [6, 6.07) is 21.7. The van der Waals surface area contributed by atoms with Crippen molar-refractivity contribution >= 4 is 39.3 Å². The first-order valence-electron chi connectivity index (χ1n) is 13.8. The second-order valence-electron chi connectivity index (χ2n) is 10.4. The standard InChI is InChI=1S/C31H32ClN3O5S/c32-26-16-8-4-12-23(26)21-34(27(20-22-10-2-1-3-11-22)30(37)33-24-13-5-6-14-24)29(36)18-19-35-31(38)25-15-7-9-17-28(25)41(35,39)40/h1-4,7-12,15-17,24,27H,5-6,13-14,18-21H2,(H,33,37). The number of hydrogen-bond acceptors (Lipinski definition) is 5. The molecule has 1 aliphatic heterocycles. The van der Waals surface area contributed by atoms with E-state index >= 15 is 0 Å². The highest BCUT2D eigenvalue weighted by atomic mass is 35.5. The average Bonchev–Trinajstić information content (AvgIpc) is 3.55. The van der Waals surface area contributed by atoms with E-state index in [1.165, 1.54) is 17.0 Å². The molecule has 0 aromatic heterocycles. The highest BCUT2D eigenvalue weighted by Gasteiger charge is 2.41. The summed E-state index contributed by atoms with van der Waals surface area (Å²) in [5.41, 5.74) is 1.63. The first-order valence-corrected chi connectivity index (χ1v) is 15.6. The normalized spacial score (nSPS) is 16.8. The first kappa shape index (κ1) is 28.8. The smallest absolute Gasteiger partial charge is 0.269 e. The number of benzene rings is 3. The molecule has 1 unspecified atom stereocenters. The summed E-state index contributed by atoms with van der Waals surface area (Å²) in [7, 11) is -4.07. The van der Waals surface area contributed by atoms with Gasteiger partial charge in [-0.3, -0.25) is 14.4 Å². The Morgan fingerprint density at radius 1 is 0.951 bits per heavy atom. The van der Waals surface area contributed by atoms with Crippen molar-refractivity contribution in [1.82, 2.24) is 14.5 Å². The molecule has 1 aliphatic carbocycles. The van der Waals surface area contributed by atoms with Crippen LogP contribution in [-0.2, 0) is 32.6 Å². The molecule has 0 bridgehead atoms. The van der Waals surface area contributed by atoms with E-state index in [1.807, 2.05) is 30.3 Å². The molecule has 1 N–H and O–H groups in total. The quantitative estimate of drug-likeness (QED) is 0.371. The van der Waals surface area contributed by atoms with Crippen molar-refractivity contribution in [3.8, 4) is 0 Å². The van der Waals surface area contributed by atoms with Crippen molar-refractivity contribution in [3.63, 3.8) is 0 Å². The minimum atomic E-state index is -4.07. The van der Waals surface area contributed by atoms with E-state index in [1.54, 1.807) is 36.4 Å². The summed E-state index contributed by atoms with van der Waals surface area (Å²) in [5.74, 6) is -1.38. The van der Waals surface area contributed by atoms with Gasteiger partial charge >= 0.3 is 0 Å². The third kappa shape index (κ3) is 6.31. The molecule has 8 nitrogen and oxygen atoms in total. The van der Waals surface area contributed by atoms with Gasteiger partial charge < -0.3 is 10.2 Å². The Hall–Kier alpha value is -3.69. The largest absolute Gasteiger partial charge is 0.352 e. The summed E-state index contributed by atoms with van der Waals surface area (Å²) in [6.07, 6.45) is 3.83. The fourth-order valence-electron chi connectivity index (χ4n) is 5.52. The monoisotopic (exact) mass is 593 g/mol. The lowest BCUT2D eigenvalue weighted by Crippen LogP contribution is -2.52. The van der Waals surface area contributed by atoms with E-state index in [-0.39, 0.29) is 48.3 Å². The molecule has 1 heterocycles. The first-order chi connectivity index (χ1) is 19.8. The van der Waals surface area contributed by atoms with Crippen LogP contribution in [0.2, 0.25) is 5.02 Å². The van der Waals surface area contributed by atoms with Crippen LogP contribution in [0.5, 0.6) is 0 Å². The Labute approximate surface area is 245 Å². The number of sulfonamides is 1. The molecule has 0 spiro atoms. The van der Waals surface area contributed by atoms with Crippen molar-refractivity contribution in [2.75, 3.05) is 6.54 Å². The Kier molecular flexibility index (Phi) is 8.75. The van der Waals surface area contributed by atoms with E-state index < -0.39 is 27.9 Å². The third-order valence-electron chi connectivity index (χ3n) is 7.71. The summed E-state index contributed by atoms with van der Waals surface area (Å²) in [5, 5.41) is 3.59. The minimum Gasteiger partial charge on any atom is -0.352 e. The molecule has 3 aromatic rings. The van der Waals surface area contributed by atoms with E-state index in [2.05, 4.69) is 5.32 Å². The predicted molar refractivity (Wildman–Crippen MR) is 156 cm³/mol. The van der Waals surface area contributed by atoms with E-state index in [0.717, 1.165) is 35.6 Å². The predicted octanol–water partition coefficient (Wildman–Crippen LogP) is 4.57. The maximum atomic E-state index is 13.9. The fraction of sp³-hybridized carbons (Fsp3) is 0.323. The van der Waals surface area contributed by atoms with Crippen LogP contribution in [-0.4, -0.2) is 54.0 Å². The van der Waals surface area contributed by atoms with Crippen molar-refractivity contribution < 1.29 is 22.8 Å². The molecule has 41 heavy (non-hydrogen) atoms. The molecule has 0 radical (unpaired) electrons. The van der Waals surface area contributed by atoms with E-state index in [9.17, 15) is 22.8 Å². The number of nitrogens with zero attached hydrogens (tertiary/aromatic N) is 2. The van der Waals surface area contributed by atoms with Crippen molar-refractivity contribution in [2.45, 2.75) is 62.0 Å². The average molecular weight is 594 g/mol. The number of fused-ring (bicyclic) bond motifs is 1. The van der Waals surface area contributed by atoms with Crippen molar-refractivity contribution in [1.29, 1.82) is 0 Å². The number of carbonyl (C=O) groups is 3. The van der Waals surface area contributed by atoms with Gasteiger partial charge in [-0.2, -0.15) is 0 Å². The molecule has 1 fully saturated rings. The zero-order valence-electron chi connectivity index (χ0n) is 22.5. The van der Waals surface area contributed by atoms with Crippen molar-refractivity contribution in [2.24, 2.45) is 0 Å². The molecule has 5 rings (SSSR count). The van der Waals surface area contributed by atoms with E-state index in [0.29, 0.717) is 10.6 Å². The zero-order chi connectivity index (χ0) is 29.0. The van der Waals surface area contributed by atoms with Gasteiger partial charge in [0.25, 0.3) is 15.9 Å². The lowest BCUT2D eigenvalue weighted by molar-refractivity contribution is -0.141. The van der Waals surface area contributed by atoms with Gasteiger partial charge in [0.15, 0.2) is 0 Å². The number of amides is 3. The molecule has 2 aliphatic rings. The van der Waals surface area contributed by atoms with E-state index in [4.69, 9.17) is 11.6 Å². The van der Waals surface area contributed by atoms with Crippen LogP contribution in [0.25, 0.3) is 0 Å². The Bertz CT molecular complexity index is 1540. The van der Waals surface area contributed by atoms with Crippen LogP contribution in [0.1, 0.15) is 53.6 Å². The lowest BCUT2D eigenvalue weighted by Gasteiger charge is -2.33. The zero-order valence-corrected chi connectivity index (χ0v) is 24.1. The molecular weight excluding hydrogens is 562 g/mol. The van der Waals surface area contributed by atoms with Crippen LogP contribution in [0.3, 0.4) is 0 Å². The molecule has 0 saturated heterocycles. The highest BCUT2D eigenvalue weighted by Crippen LogP contribution is 2.30. The number of carbonyl (C=O) groups excluding carboxylic acids is 3. The number of hydrogen-bond donors (Lipinski definition) is 1. The number of nitrogens with one attached hydrogen (secondary N) is 1. The van der Waals surface area contributed by atoms with Crippen molar-refractivity contribution in [3.05, 3.63) is 101 Å². The topological polar surface area (TPSA) is 104 Å². The molecule has 1 atom stereocenters. The highest BCUT2D eigenvalue weighted by molar-refractivity contribution is 7.90. The summed E-state index contributed by atoms with van der Waals surface area (Å²) in [4.78, 5) is 42.1. The third-order valence-corrected chi connectivity index (χ3v) is 9.92. The van der Waals surface area contributed by atoms with Gasteiger partial charge in [0.05, 0.1) is 5.56 Å². The second kappa shape index (κ2) is 12.4. The van der Waals surface area contributed by atoms with Gasteiger partial charge in [-0.05, 0) is 42.2 Å². The van der Waals surface area contributed by atoms with Crippen LogP contribution >= 0.6 is 11.6 Å². The number of rotatable bonds is 10. The molecule has 10 heteroatoms. The summed E-state index contributed by atoms with van der Waals surface area (Å²) in [6.45, 7) is -0.287. The van der Waals surface area contributed by atoms with Gasteiger partial charge in [0.1, 0.15) is 10.9 Å². The molecular formula is C31H32ClN3O5S. The van der Waals surface area contributed by atoms with Gasteiger partial charge in [0, 0.05) is 37.0 Å². The number of halogens is 1. The SMILES string of the molecule is O=C(NC1CCCC1)C(Cc1ccccc1)N(Cc1ccccc1Cl)C(=O)CCN1C(=O)c2ccccc2S1(=O)=O. The Balaban J connectivity index is 1.44. The molecule has 3 aromatic carbocycles. The molecule has 1 saturated carbocycles. The maximum absolute atomic E-state index is 13.9. The molecule has 3 amide bonds. The van der Waals surface area contributed by atoms with Crippen LogP contribution in [0, 0.1) is 0 Å². The van der Waals surface area contributed by atoms with Gasteiger partial charge in [-0.1, -0.05) is 85.1 Å². The second-order valence-corrected chi connectivity index (χ2v) is 12.7. The Morgan fingerprint density at radius 3 is 2.32 bits per heavy atom. The minimum absolute atomic E-state index is 0.0453. The fourth-order valence-corrected chi connectivity index (χ4v) is 7.29. The maximum Gasteiger partial charge on any atom is 0.269 e. The van der Waals surface area contributed by atoms with Crippen LogP contribution in [0.15, 0.2) is 83.8 Å². The summed E-state index contributed by atoms with van der Waals surface area (Å²) >= 11 is 6.47. The lowest BCUT2D eigenvalue weighted by atomic mass is 10.0.